The van der Waals surface area contributed by atoms with Crippen LogP contribution >= 0.6 is 0 Å². The molecule has 100 valence electrons. The number of piperazine rings is 1. The van der Waals surface area contributed by atoms with Crippen LogP contribution < -0.4 is 10.1 Å². The summed E-state index contributed by atoms with van der Waals surface area (Å²) in [4.78, 5) is 2.48. The monoisotopic (exact) mass is 248 g/mol. The highest BCUT2D eigenvalue weighted by atomic mass is 16.5. The zero-order chi connectivity index (χ0) is 12.8. The fraction of sp³-hybridized carbons (Fsp3) is 0.600. The Morgan fingerprint density at radius 2 is 2.11 bits per heavy atom. The molecule has 3 nitrogen and oxygen atoms in total. The third-order valence-corrected chi connectivity index (χ3v) is 3.43. The van der Waals surface area contributed by atoms with Crippen molar-refractivity contribution in [3.05, 3.63) is 29.8 Å². The van der Waals surface area contributed by atoms with Crippen LogP contribution in [0.25, 0.3) is 0 Å². The summed E-state index contributed by atoms with van der Waals surface area (Å²) in [6, 6.07) is 8.50. The maximum atomic E-state index is 5.86. The summed E-state index contributed by atoms with van der Waals surface area (Å²) < 4.78 is 5.86. The van der Waals surface area contributed by atoms with Gasteiger partial charge in [-0.1, -0.05) is 19.1 Å². The fourth-order valence-electron chi connectivity index (χ4n) is 2.16. The van der Waals surface area contributed by atoms with E-state index in [0.717, 1.165) is 44.9 Å². The summed E-state index contributed by atoms with van der Waals surface area (Å²) in [6.45, 7) is 9.76. The molecule has 0 spiro atoms. The van der Waals surface area contributed by atoms with Gasteiger partial charge in [-0.2, -0.15) is 0 Å². The maximum absolute atomic E-state index is 5.86. The first-order valence-electron chi connectivity index (χ1n) is 6.96. The van der Waals surface area contributed by atoms with E-state index in [1.54, 1.807) is 0 Å². The maximum Gasteiger partial charge on any atom is 0.120 e. The molecule has 1 aromatic rings. The lowest BCUT2D eigenvalue weighted by Crippen LogP contribution is -2.42. The Balaban J connectivity index is 1.93. The average molecular weight is 248 g/mol. The van der Waals surface area contributed by atoms with Crippen molar-refractivity contribution in [1.29, 1.82) is 0 Å². The van der Waals surface area contributed by atoms with Gasteiger partial charge in [0.05, 0.1) is 6.10 Å². The SMILES string of the molecule is CCC(C)Oc1cccc(CN2CCNCC2)c1. The predicted octanol–water partition coefficient (Wildman–Crippen LogP) is 2.27. The summed E-state index contributed by atoms with van der Waals surface area (Å²) in [5.74, 6) is 0.997. The molecule has 0 bridgehead atoms. The highest BCUT2D eigenvalue weighted by Crippen LogP contribution is 2.17. The van der Waals surface area contributed by atoms with Gasteiger partial charge < -0.3 is 10.1 Å². The van der Waals surface area contributed by atoms with E-state index in [1.165, 1.54) is 5.56 Å². The molecule has 0 radical (unpaired) electrons. The second kappa shape index (κ2) is 6.76. The van der Waals surface area contributed by atoms with Gasteiger partial charge in [0.1, 0.15) is 5.75 Å². The molecular formula is C15H24N2O. The van der Waals surface area contributed by atoms with Crippen molar-refractivity contribution in [3.8, 4) is 5.75 Å². The van der Waals surface area contributed by atoms with Crippen LogP contribution in [0.15, 0.2) is 24.3 Å². The Hall–Kier alpha value is -1.06. The first-order chi connectivity index (χ1) is 8.78. The Labute approximate surface area is 110 Å². The largest absolute Gasteiger partial charge is 0.491 e. The van der Waals surface area contributed by atoms with Crippen LogP contribution in [0.3, 0.4) is 0 Å². The topological polar surface area (TPSA) is 24.5 Å². The van der Waals surface area contributed by atoms with Crippen LogP contribution in [0.1, 0.15) is 25.8 Å². The third-order valence-electron chi connectivity index (χ3n) is 3.43. The van der Waals surface area contributed by atoms with Gasteiger partial charge >= 0.3 is 0 Å². The van der Waals surface area contributed by atoms with Gasteiger partial charge in [0.15, 0.2) is 0 Å². The number of ether oxygens (including phenoxy) is 1. The Morgan fingerprint density at radius 1 is 1.33 bits per heavy atom. The van der Waals surface area contributed by atoms with Crippen LogP contribution in [-0.2, 0) is 6.54 Å². The Morgan fingerprint density at radius 3 is 2.83 bits per heavy atom. The minimum atomic E-state index is 0.291. The van der Waals surface area contributed by atoms with Crippen molar-refractivity contribution in [2.24, 2.45) is 0 Å². The van der Waals surface area contributed by atoms with E-state index in [0.29, 0.717) is 6.10 Å². The van der Waals surface area contributed by atoms with Crippen LogP contribution in [0.2, 0.25) is 0 Å². The van der Waals surface area contributed by atoms with Crippen molar-refractivity contribution in [1.82, 2.24) is 10.2 Å². The molecule has 3 heteroatoms. The van der Waals surface area contributed by atoms with Crippen molar-refractivity contribution in [3.63, 3.8) is 0 Å². The number of hydrogen-bond acceptors (Lipinski definition) is 3. The molecule has 1 fully saturated rings. The molecule has 2 rings (SSSR count). The van der Waals surface area contributed by atoms with Crippen molar-refractivity contribution >= 4 is 0 Å². The van der Waals surface area contributed by atoms with E-state index in [4.69, 9.17) is 4.74 Å². The zero-order valence-corrected chi connectivity index (χ0v) is 11.5. The van der Waals surface area contributed by atoms with Gasteiger partial charge in [0, 0.05) is 32.7 Å². The van der Waals surface area contributed by atoms with Crippen LogP contribution in [-0.4, -0.2) is 37.2 Å². The highest BCUT2D eigenvalue weighted by Gasteiger charge is 2.10. The minimum absolute atomic E-state index is 0.291. The molecule has 1 atom stereocenters. The highest BCUT2D eigenvalue weighted by molar-refractivity contribution is 5.28. The lowest BCUT2D eigenvalue weighted by molar-refractivity contribution is 0.215. The first-order valence-corrected chi connectivity index (χ1v) is 6.96. The molecule has 0 aromatic heterocycles. The molecule has 1 aliphatic heterocycles. The van der Waals surface area contributed by atoms with E-state index >= 15 is 0 Å². The second-order valence-corrected chi connectivity index (χ2v) is 5.01. The fourth-order valence-corrected chi connectivity index (χ4v) is 2.16. The van der Waals surface area contributed by atoms with E-state index in [1.807, 2.05) is 6.07 Å². The number of nitrogens with one attached hydrogen (secondary N) is 1. The smallest absolute Gasteiger partial charge is 0.120 e. The lowest BCUT2D eigenvalue weighted by atomic mass is 10.2. The molecule has 1 aromatic carbocycles. The summed E-state index contributed by atoms with van der Waals surface area (Å²) in [5.41, 5.74) is 1.35. The molecule has 1 unspecified atom stereocenters. The van der Waals surface area contributed by atoms with Crippen molar-refractivity contribution in [2.45, 2.75) is 32.9 Å². The van der Waals surface area contributed by atoms with Crippen molar-refractivity contribution in [2.75, 3.05) is 26.2 Å². The molecular weight excluding hydrogens is 224 g/mol. The molecule has 1 aliphatic rings. The quantitative estimate of drug-likeness (QED) is 0.865. The normalized spacial score (nSPS) is 18.6. The second-order valence-electron chi connectivity index (χ2n) is 5.01. The van der Waals surface area contributed by atoms with E-state index in [9.17, 15) is 0 Å². The summed E-state index contributed by atoms with van der Waals surface area (Å²) in [5, 5.41) is 3.38. The molecule has 0 saturated carbocycles. The van der Waals surface area contributed by atoms with Crippen LogP contribution in [0, 0.1) is 0 Å². The number of hydrogen-bond donors (Lipinski definition) is 1. The number of benzene rings is 1. The molecule has 0 amide bonds. The lowest BCUT2D eigenvalue weighted by Gasteiger charge is -2.27. The molecule has 1 heterocycles. The third kappa shape index (κ3) is 4.00. The Bertz CT molecular complexity index is 361. The van der Waals surface area contributed by atoms with Gasteiger partial charge in [0.25, 0.3) is 0 Å². The minimum Gasteiger partial charge on any atom is -0.491 e. The van der Waals surface area contributed by atoms with Crippen LogP contribution in [0.4, 0.5) is 0 Å². The van der Waals surface area contributed by atoms with Gasteiger partial charge in [-0.05, 0) is 31.0 Å². The van der Waals surface area contributed by atoms with Gasteiger partial charge in [0.2, 0.25) is 0 Å². The summed E-state index contributed by atoms with van der Waals surface area (Å²) in [7, 11) is 0. The predicted molar refractivity (Wildman–Crippen MR) is 75.0 cm³/mol. The van der Waals surface area contributed by atoms with Gasteiger partial charge in [-0.25, -0.2) is 0 Å². The van der Waals surface area contributed by atoms with E-state index < -0.39 is 0 Å². The Kier molecular flexibility index (Phi) is 5.02. The summed E-state index contributed by atoms with van der Waals surface area (Å²) in [6.07, 6.45) is 1.33. The zero-order valence-electron chi connectivity index (χ0n) is 11.5. The van der Waals surface area contributed by atoms with Crippen molar-refractivity contribution < 1.29 is 4.74 Å². The molecule has 1 saturated heterocycles. The summed E-state index contributed by atoms with van der Waals surface area (Å²) >= 11 is 0. The molecule has 18 heavy (non-hydrogen) atoms. The van der Waals surface area contributed by atoms with Crippen LogP contribution in [0.5, 0.6) is 5.75 Å². The first kappa shape index (κ1) is 13.4. The number of rotatable bonds is 5. The molecule has 0 aliphatic carbocycles. The van der Waals surface area contributed by atoms with E-state index in [-0.39, 0.29) is 0 Å². The van der Waals surface area contributed by atoms with E-state index in [2.05, 4.69) is 42.3 Å². The van der Waals surface area contributed by atoms with Gasteiger partial charge in [-0.15, -0.1) is 0 Å². The standard InChI is InChI=1S/C15H24N2O/c1-3-13(2)18-15-6-4-5-14(11-15)12-17-9-7-16-8-10-17/h4-6,11,13,16H,3,7-10,12H2,1-2H3. The average Bonchev–Trinajstić information content (AvgIpc) is 2.40. The molecule has 1 N–H and O–H groups in total. The van der Waals surface area contributed by atoms with Gasteiger partial charge in [-0.3, -0.25) is 4.90 Å². The number of nitrogens with zero attached hydrogens (tertiary/aromatic N) is 1.